The van der Waals surface area contributed by atoms with Gasteiger partial charge in [0.1, 0.15) is 11.6 Å². The topological polar surface area (TPSA) is 86.1 Å². The minimum atomic E-state index is -0.254. The van der Waals surface area contributed by atoms with E-state index in [1.807, 2.05) is 25.1 Å². The van der Waals surface area contributed by atoms with Crippen LogP contribution in [-0.2, 0) is 17.8 Å². The standard InChI is InChI=1S/C24H26N4O3/c1-16-7-8-19(24-27-26-22-6-4-3-5-13-28(22)24)14-21(16)25-23(30)15-31-20-11-9-18(10-12-20)17(2)29/h7-12,14H,3-6,13,15H2,1-2H3,(H,25,30). The third-order valence-corrected chi connectivity index (χ3v) is 5.51. The highest BCUT2D eigenvalue weighted by molar-refractivity contribution is 5.94. The van der Waals surface area contributed by atoms with Gasteiger partial charge in [-0.25, -0.2) is 0 Å². The van der Waals surface area contributed by atoms with Crippen molar-refractivity contribution < 1.29 is 14.3 Å². The first kappa shape index (κ1) is 20.8. The number of amides is 1. The van der Waals surface area contributed by atoms with Gasteiger partial charge in [-0.05, 0) is 62.6 Å². The second-order valence-corrected chi connectivity index (χ2v) is 7.85. The van der Waals surface area contributed by atoms with E-state index in [-0.39, 0.29) is 18.3 Å². The fourth-order valence-corrected chi connectivity index (χ4v) is 3.72. The average molecular weight is 418 g/mol. The second kappa shape index (κ2) is 9.12. The predicted molar refractivity (Wildman–Crippen MR) is 118 cm³/mol. The number of benzene rings is 2. The number of carbonyl (C=O) groups is 2. The molecule has 2 heterocycles. The summed E-state index contributed by atoms with van der Waals surface area (Å²) in [5.74, 6) is 2.15. The molecule has 2 aromatic carbocycles. The summed E-state index contributed by atoms with van der Waals surface area (Å²) in [4.78, 5) is 23.8. The zero-order chi connectivity index (χ0) is 21.8. The minimum absolute atomic E-state index is 0.00999. The smallest absolute Gasteiger partial charge is 0.262 e. The van der Waals surface area contributed by atoms with Gasteiger partial charge in [-0.1, -0.05) is 18.6 Å². The van der Waals surface area contributed by atoms with Crippen LogP contribution in [0.2, 0.25) is 0 Å². The van der Waals surface area contributed by atoms with Crippen molar-refractivity contribution in [3.63, 3.8) is 0 Å². The minimum Gasteiger partial charge on any atom is -0.484 e. The van der Waals surface area contributed by atoms with Crippen molar-refractivity contribution in [1.82, 2.24) is 14.8 Å². The number of hydrogen-bond donors (Lipinski definition) is 1. The van der Waals surface area contributed by atoms with E-state index in [0.29, 0.717) is 11.3 Å². The first-order valence-electron chi connectivity index (χ1n) is 10.6. The Kier molecular flexibility index (Phi) is 6.11. The molecule has 0 aliphatic carbocycles. The van der Waals surface area contributed by atoms with E-state index in [0.717, 1.165) is 54.3 Å². The van der Waals surface area contributed by atoms with E-state index in [9.17, 15) is 9.59 Å². The predicted octanol–water partition coefficient (Wildman–Crippen LogP) is 4.20. The van der Waals surface area contributed by atoms with Crippen LogP contribution < -0.4 is 10.1 Å². The molecule has 0 fully saturated rings. The first-order chi connectivity index (χ1) is 15.0. The highest BCUT2D eigenvalue weighted by Crippen LogP contribution is 2.27. The molecular weight excluding hydrogens is 392 g/mol. The highest BCUT2D eigenvalue weighted by atomic mass is 16.5. The van der Waals surface area contributed by atoms with Crippen molar-refractivity contribution in [3.8, 4) is 17.1 Å². The van der Waals surface area contributed by atoms with Crippen LogP contribution in [0.5, 0.6) is 5.75 Å². The van der Waals surface area contributed by atoms with Crippen molar-refractivity contribution in [1.29, 1.82) is 0 Å². The summed E-state index contributed by atoms with van der Waals surface area (Å²) in [6.45, 7) is 4.26. The van der Waals surface area contributed by atoms with Crippen LogP contribution in [0.4, 0.5) is 5.69 Å². The number of ketones is 1. The van der Waals surface area contributed by atoms with Crippen molar-refractivity contribution in [2.24, 2.45) is 0 Å². The lowest BCUT2D eigenvalue weighted by Gasteiger charge is -2.12. The SMILES string of the molecule is CC(=O)c1ccc(OCC(=O)Nc2cc(-c3nnc4n3CCCCC4)ccc2C)cc1. The normalized spacial score (nSPS) is 13.2. The third kappa shape index (κ3) is 4.82. The molecule has 1 aliphatic rings. The molecule has 1 aliphatic heterocycles. The fourth-order valence-electron chi connectivity index (χ4n) is 3.72. The van der Waals surface area contributed by atoms with Gasteiger partial charge in [0.2, 0.25) is 0 Å². The molecule has 4 rings (SSSR count). The Bertz CT molecular complexity index is 1100. The number of aryl methyl sites for hydroxylation is 2. The van der Waals surface area contributed by atoms with E-state index >= 15 is 0 Å². The Labute approximate surface area is 181 Å². The molecule has 1 amide bonds. The molecule has 0 saturated carbocycles. The molecule has 0 unspecified atom stereocenters. The molecule has 7 heteroatoms. The quantitative estimate of drug-likeness (QED) is 0.607. The van der Waals surface area contributed by atoms with E-state index in [2.05, 4.69) is 20.1 Å². The van der Waals surface area contributed by atoms with E-state index in [1.165, 1.54) is 13.3 Å². The van der Waals surface area contributed by atoms with Gasteiger partial charge in [0.25, 0.3) is 5.91 Å². The van der Waals surface area contributed by atoms with Crippen LogP contribution in [-0.4, -0.2) is 33.1 Å². The van der Waals surface area contributed by atoms with Crippen molar-refractivity contribution in [3.05, 3.63) is 59.4 Å². The van der Waals surface area contributed by atoms with Gasteiger partial charge in [-0.2, -0.15) is 0 Å². The van der Waals surface area contributed by atoms with Gasteiger partial charge in [0.15, 0.2) is 18.2 Å². The molecule has 0 bridgehead atoms. The number of nitrogens with one attached hydrogen (secondary N) is 1. The first-order valence-corrected chi connectivity index (χ1v) is 10.6. The summed E-state index contributed by atoms with van der Waals surface area (Å²) in [7, 11) is 0. The number of nitrogens with zero attached hydrogens (tertiary/aromatic N) is 3. The van der Waals surface area contributed by atoms with Crippen LogP contribution in [0.1, 0.15) is 47.9 Å². The van der Waals surface area contributed by atoms with Gasteiger partial charge in [0, 0.05) is 29.8 Å². The van der Waals surface area contributed by atoms with Crippen molar-refractivity contribution in [2.45, 2.75) is 46.1 Å². The maximum Gasteiger partial charge on any atom is 0.262 e. The average Bonchev–Trinajstić information content (AvgIpc) is 3.02. The summed E-state index contributed by atoms with van der Waals surface area (Å²) < 4.78 is 7.75. The summed E-state index contributed by atoms with van der Waals surface area (Å²) in [6.07, 6.45) is 4.42. The third-order valence-electron chi connectivity index (χ3n) is 5.51. The van der Waals surface area contributed by atoms with Gasteiger partial charge in [0.05, 0.1) is 0 Å². The molecule has 1 N–H and O–H groups in total. The molecule has 3 aromatic rings. The van der Waals surface area contributed by atoms with Gasteiger partial charge < -0.3 is 14.6 Å². The number of aromatic nitrogens is 3. The summed E-state index contributed by atoms with van der Waals surface area (Å²) in [6, 6.07) is 12.7. The van der Waals surface area contributed by atoms with E-state index in [4.69, 9.17) is 4.74 Å². The van der Waals surface area contributed by atoms with Gasteiger partial charge in [-0.3, -0.25) is 9.59 Å². The number of anilines is 1. The van der Waals surface area contributed by atoms with Crippen LogP contribution in [0, 0.1) is 6.92 Å². The maximum atomic E-state index is 12.5. The van der Waals surface area contributed by atoms with Crippen LogP contribution >= 0.6 is 0 Å². The Morgan fingerprint density at radius 1 is 1.06 bits per heavy atom. The number of carbonyl (C=O) groups excluding carboxylic acids is 2. The van der Waals surface area contributed by atoms with Crippen molar-refractivity contribution in [2.75, 3.05) is 11.9 Å². The van der Waals surface area contributed by atoms with Crippen molar-refractivity contribution >= 4 is 17.4 Å². The molecule has 0 atom stereocenters. The summed E-state index contributed by atoms with van der Waals surface area (Å²) in [5, 5.41) is 11.7. The van der Waals surface area contributed by atoms with Crippen LogP contribution in [0.25, 0.3) is 11.4 Å². The molecule has 31 heavy (non-hydrogen) atoms. The number of hydrogen-bond acceptors (Lipinski definition) is 5. The Hall–Kier alpha value is -3.48. The molecule has 0 spiro atoms. The van der Waals surface area contributed by atoms with Crippen LogP contribution in [0.3, 0.4) is 0 Å². The molecule has 160 valence electrons. The number of rotatable bonds is 6. The second-order valence-electron chi connectivity index (χ2n) is 7.85. The molecule has 0 saturated heterocycles. The number of fused-ring (bicyclic) bond motifs is 1. The monoisotopic (exact) mass is 418 g/mol. The molecular formula is C24H26N4O3. The Balaban J connectivity index is 1.44. The molecule has 0 radical (unpaired) electrons. The molecule has 1 aromatic heterocycles. The number of Topliss-reactive ketones (excluding diaryl/α,β-unsaturated/α-hetero) is 1. The lowest BCUT2D eigenvalue weighted by atomic mass is 10.1. The maximum absolute atomic E-state index is 12.5. The summed E-state index contributed by atoms with van der Waals surface area (Å²) >= 11 is 0. The zero-order valence-corrected chi connectivity index (χ0v) is 17.9. The highest BCUT2D eigenvalue weighted by Gasteiger charge is 2.17. The lowest BCUT2D eigenvalue weighted by Crippen LogP contribution is -2.20. The zero-order valence-electron chi connectivity index (χ0n) is 17.9. The lowest BCUT2D eigenvalue weighted by molar-refractivity contribution is -0.118. The largest absolute Gasteiger partial charge is 0.484 e. The molecule has 7 nitrogen and oxygen atoms in total. The Morgan fingerprint density at radius 2 is 1.87 bits per heavy atom. The Morgan fingerprint density at radius 3 is 2.65 bits per heavy atom. The van der Waals surface area contributed by atoms with Crippen LogP contribution in [0.15, 0.2) is 42.5 Å². The van der Waals surface area contributed by atoms with Gasteiger partial charge >= 0.3 is 0 Å². The van der Waals surface area contributed by atoms with E-state index in [1.54, 1.807) is 24.3 Å². The fraction of sp³-hybridized carbons (Fsp3) is 0.333. The number of ether oxygens (including phenoxy) is 1. The summed E-state index contributed by atoms with van der Waals surface area (Å²) in [5.41, 5.74) is 3.22. The van der Waals surface area contributed by atoms with Gasteiger partial charge in [-0.15, -0.1) is 10.2 Å². The van der Waals surface area contributed by atoms with E-state index < -0.39 is 0 Å².